The van der Waals surface area contributed by atoms with Crippen LogP contribution >= 0.6 is 0 Å². The van der Waals surface area contributed by atoms with Crippen LogP contribution in [0.25, 0.3) is 0 Å². The zero-order chi connectivity index (χ0) is 13.9. The molecule has 108 valence electrons. The van der Waals surface area contributed by atoms with Crippen molar-refractivity contribution in [3.63, 3.8) is 0 Å². The molecule has 0 atom stereocenters. The van der Waals surface area contributed by atoms with Gasteiger partial charge in [0.1, 0.15) is 5.82 Å². The van der Waals surface area contributed by atoms with E-state index in [1.165, 1.54) is 39.2 Å². The van der Waals surface area contributed by atoms with Crippen LogP contribution in [0.3, 0.4) is 0 Å². The highest BCUT2D eigenvalue weighted by atomic mass is 16.5. The minimum atomic E-state index is -0.403. The maximum Gasteiger partial charge on any atom is 0.358 e. The Bertz CT molecular complexity index is 523. The third-order valence-electron chi connectivity index (χ3n) is 5.62. The van der Waals surface area contributed by atoms with Crippen LogP contribution in [0.5, 0.6) is 0 Å². The van der Waals surface area contributed by atoms with Crippen molar-refractivity contribution in [1.82, 2.24) is 9.78 Å². The van der Waals surface area contributed by atoms with Crippen molar-refractivity contribution >= 4 is 11.8 Å². The molecule has 0 saturated heterocycles. The Morgan fingerprint density at radius 2 is 1.85 bits per heavy atom. The fourth-order valence-electron chi connectivity index (χ4n) is 5.15. The van der Waals surface area contributed by atoms with Crippen LogP contribution in [0.4, 0.5) is 5.82 Å². The first-order chi connectivity index (χ1) is 9.65. The Balaban J connectivity index is 1.67. The van der Waals surface area contributed by atoms with Crippen LogP contribution in [0, 0.1) is 23.7 Å². The number of hydrogen-bond donors (Lipinski definition) is 1. The first kappa shape index (κ1) is 12.2. The maximum absolute atomic E-state index is 11.6. The lowest BCUT2D eigenvalue weighted by molar-refractivity contribution is -0.0329. The molecule has 4 saturated carbocycles. The molecule has 20 heavy (non-hydrogen) atoms. The smallest absolute Gasteiger partial charge is 0.358 e. The first-order valence-electron chi connectivity index (χ1n) is 7.59. The molecule has 5 rings (SSSR count). The van der Waals surface area contributed by atoms with Gasteiger partial charge in [-0.05, 0) is 55.8 Å². The second kappa shape index (κ2) is 4.24. The molecule has 4 fully saturated rings. The van der Waals surface area contributed by atoms with E-state index in [1.54, 1.807) is 6.07 Å². The lowest BCUT2D eigenvalue weighted by Crippen LogP contribution is -2.46. The average Bonchev–Trinajstić information content (AvgIpc) is 2.79. The fraction of sp³-hybridized carbons (Fsp3) is 0.733. The molecule has 0 aromatic carbocycles. The molecule has 5 heteroatoms. The van der Waals surface area contributed by atoms with Gasteiger partial charge in [0.25, 0.3) is 0 Å². The zero-order valence-corrected chi connectivity index (χ0v) is 11.8. The van der Waals surface area contributed by atoms with E-state index in [1.807, 2.05) is 4.68 Å². The number of carbonyl (C=O) groups excluding carboxylic acids is 1. The number of nitrogen functional groups attached to an aromatic ring is 1. The predicted octanol–water partition coefficient (Wildman–Crippen LogP) is 2.25. The lowest BCUT2D eigenvalue weighted by atomic mass is 9.54. The predicted molar refractivity (Wildman–Crippen MR) is 74.1 cm³/mol. The standard InChI is InChI=1S/C15H21N3O2/c1-20-15(19)12-7-13(16)18(17-12)14-10-3-8-2-9(5-10)6-11(14)4-8/h7-11,14H,2-6,16H2,1H3. The molecule has 1 heterocycles. The minimum Gasteiger partial charge on any atom is -0.464 e. The minimum absolute atomic E-state index is 0.332. The van der Waals surface area contributed by atoms with Gasteiger partial charge < -0.3 is 10.5 Å². The third kappa shape index (κ3) is 1.68. The molecule has 1 aromatic rings. The number of ether oxygens (including phenoxy) is 1. The molecule has 0 spiro atoms. The van der Waals surface area contributed by atoms with Crippen molar-refractivity contribution < 1.29 is 9.53 Å². The molecule has 0 amide bonds. The summed E-state index contributed by atoms with van der Waals surface area (Å²) in [4.78, 5) is 11.6. The number of nitrogens with zero attached hydrogens (tertiary/aromatic N) is 2. The Kier molecular flexibility index (Phi) is 2.59. The summed E-state index contributed by atoms with van der Waals surface area (Å²) in [6.45, 7) is 0. The molecule has 0 aliphatic heterocycles. The molecule has 1 aromatic heterocycles. The number of carbonyl (C=O) groups is 1. The molecular weight excluding hydrogens is 254 g/mol. The van der Waals surface area contributed by atoms with Gasteiger partial charge in [-0.25, -0.2) is 9.48 Å². The number of nitrogens with two attached hydrogens (primary N) is 1. The number of aromatic nitrogens is 2. The van der Waals surface area contributed by atoms with Gasteiger partial charge in [-0.15, -0.1) is 0 Å². The van der Waals surface area contributed by atoms with E-state index in [0.717, 1.165) is 11.8 Å². The molecule has 4 bridgehead atoms. The summed E-state index contributed by atoms with van der Waals surface area (Å²) in [7, 11) is 1.38. The Morgan fingerprint density at radius 3 is 2.40 bits per heavy atom. The van der Waals surface area contributed by atoms with Crippen molar-refractivity contribution in [2.24, 2.45) is 23.7 Å². The topological polar surface area (TPSA) is 70.1 Å². The van der Waals surface area contributed by atoms with E-state index in [4.69, 9.17) is 10.5 Å². The summed E-state index contributed by atoms with van der Waals surface area (Å²) in [6.07, 6.45) is 6.67. The quantitative estimate of drug-likeness (QED) is 0.840. The molecule has 2 N–H and O–H groups in total. The van der Waals surface area contributed by atoms with Gasteiger partial charge in [0.2, 0.25) is 0 Å². The van der Waals surface area contributed by atoms with Crippen molar-refractivity contribution in [3.8, 4) is 0 Å². The van der Waals surface area contributed by atoms with E-state index in [2.05, 4.69) is 5.10 Å². The van der Waals surface area contributed by atoms with E-state index >= 15 is 0 Å². The van der Waals surface area contributed by atoms with Crippen LogP contribution in [0.1, 0.15) is 48.6 Å². The highest BCUT2D eigenvalue weighted by molar-refractivity contribution is 5.87. The zero-order valence-electron chi connectivity index (χ0n) is 11.8. The summed E-state index contributed by atoms with van der Waals surface area (Å²) in [5, 5.41) is 4.44. The largest absolute Gasteiger partial charge is 0.464 e. The van der Waals surface area contributed by atoms with E-state index in [0.29, 0.717) is 29.4 Å². The average molecular weight is 275 g/mol. The van der Waals surface area contributed by atoms with Crippen molar-refractivity contribution in [1.29, 1.82) is 0 Å². The van der Waals surface area contributed by atoms with E-state index in [9.17, 15) is 4.79 Å². The normalized spacial score (nSPS) is 38.1. The summed E-state index contributed by atoms with van der Waals surface area (Å²) in [6, 6.07) is 2.04. The number of methoxy groups -OCH3 is 1. The molecule has 4 aliphatic rings. The van der Waals surface area contributed by atoms with Gasteiger partial charge in [-0.3, -0.25) is 0 Å². The van der Waals surface area contributed by atoms with Crippen LogP contribution in [0.15, 0.2) is 6.07 Å². The van der Waals surface area contributed by atoms with Crippen LogP contribution in [-0.4, -0.2) is 22.9 Å². The summed E-state index contributed by atoms with van der Waals surface area (Å²) < 4.78 is 6.66. The highest BCUT2D eigenvalue weighted by Crippen LogP contribution is 2.58. The summed E-state index contributed by atoms with van der Waals surface area (Å²) in [5.74, 6) is 3.43. The van der Waals surface area contributed by atoms with Gasteiger partial charge in [0, 0.05) is 6.07 Å². The van der Waals surface area contributed by atoms with Gasteiger partial charge in [0.05, 0.1) is 13.2 Å². The van der Waals surface area contributed by atoms with Gasteiger partial charge >= 0.3 is 5.97 Å². The van der Waals surface area contributed by atoms with Gasteiger partial charge in [-0.2, -0.15) is 5.10 Å². The van der Waals surface area contributed by atoms with E-state index in [-0.39, 0.29) is 0 Å². The highest BCUT2D eigenvalue weighted by Gasteiger charge is 2.49. The van der Waals surface area contributed by atoms with Crippen LogP contribution in [-0.2, 0) is 4.74 Å². The van der Waals surface area contributed by atoms with Crippen molar-refractivity contribution in [3.05, 3.63) is 11.8 Å². The Morgan fingerprint density at radius 1 is 1.25 bits per heavy atom. The van der Waals surface area contributed by atoms with Crippen LogP contribution < -0.4 is 5.73 Å². The van der Waals surface area contributed by atoms with Crippen molar-refractivity contribution in [2.45, 2.75) is 38.1 Å². The van der Waals surface area contributed by atoms with Gasteiger partial charge in [-0.1, -0.05) is 0 Å². The molecule has 0 unspecified atom stereocenters. The second-order valence-electron chi connectivity index (χ2n) is 6.81. The molecule has 4 aliphatic carbocycles. The van der Waals surface area contributed by atoms with Crippen molar-refractivity contribution in [2.75, 3.05) is 12.8 Å². The summed E-state index contributed by atoms with van der Waals surface area (Å²) in [5.41, 5.74) is 6.44. The molecule has 0 radical (unpaired) electrons. The summed E-state index contributed by atoms with van der Waals surface area (Å²) >= 11 is 0. The number of hydrogen-bond acceptors (Lipinski definition) is 4. The maximum atomic E-state index is 11.6. The van der Waals surface area contributed by atoms with Crippen LogP contribution in [0.2, 0.25) is 0 Å². The number of rotatable bonds is 2. The molecular formula is C15H21N3O2. The van der Waals surface area contributed by atoms with E-state index < -0.39 is 5.97 Å². The number of esters is 1. The third-order valence-corrected chi connectivity index (χ3v) is 5.62. The Hall–Kier alpha value is -1.52. The Labute approximate surface area is 118 Å². The monoisotopic (exact) mass is 275 g/mol. The fourth-order valence-corrected chi connectivity index (χ4v) is 5.15. The SMILES string of the molecule is COC(=O)c1cc(N)n(C2C3CC4CC(C3)CC2C4)n1. The number of anilines is 1. The first-order valence-corrected chi connectivity index (χ1v) is 7.59. The second-order valence-corrected chi connectivity index (χ2v) is 6.81. The lowest BCUT2D eigenvalue weighted by Gasteiger charge is -2.54. The molecule has 5 nitrogen and oxygen atoms in total. The van der Waals surface area contributed by atoms with Gasteiger partial charge in [0.15, 0.2) is 5.69 Å².